The smallest absolute Gasteiger partial charge is 0.315 e. The van der Waals surface area contributed by atoms with Gasteiger partial charge in [-0.3, -0.25) is 4.79 Å². The zero-order valence-electron chi connectivity index (χ0n) is 22.2. The van der Waals surface area contributed by atoms with Gasteiger partial charge in [0.25, 0.3) is 0 Å². The van der Waals surface area contributed by atoms with Crippen molar-refractivity contribution in [3.63, 3.8) is 0 Å². The minimum atomic E-state index is -0.749. The number of aliphatic hydroxyl groups is 2. The normalized spacial score (nSPS) is 59.9. The summed E-state index contributed by atoms with van der Waals surface area (Å²) in [6, 6.07) is 0. The third-order valence-electron chi connectivity index (χ3n) is 14.0. The van der Waals surface area contributed by atoms with E-state index in [0.717, 1.165) is 56.9 Å². The number of rotatable bonds is 0. The monoisotopic (exact) mass is 470 g/mol. The number of ether oxygens (including phenoxy) is 1. The van der Waals surface area contributed by atoms with Gasteiger partial charge < -0.3 is 14.9 Å². The zero-order chi connectivity index (χ0) is 24.7. The predicted molar refractivity (Wildman–Crippen MR) is 132 cm³/mol. The Bertz CT molecular complexity index is 955. The Morgan fingerprint density at radius 1 is 0.882 bits per heavy atom. The average Bonchev–Trinajstić information content (AvgIpc) is 2.96. The molecule has 5 saturated carbocycles. The van der Waals surface area contributed by atoms with Gasteiger partial charge >= 0.3 is 5.97 Å². The molecule has 4 nitrogen and oxygen atoms in total. The van der Waals surface area contributed by atoms with E-state index in [1.807, 2.05) is 0 Å². The van der Waals surface area contributed by atoms with E-state index < -0.39 is 17.1 Å². The van der Waals surface area contributed by atoms with Gasteiger partial charge in [0.2, 0.25) is 0 Å². The minimum absolute atomic E-state index is 0.0235. The van der Waals surface area contributed by atoms with Crippen molar-refractivity contribution >= 4 is 5.97 Å². The second kappa shape index (κ2) is 6.52. The van der Waals surface area contributed by atoms with E-state index in [0.29, 0.717) is 18.3 Å². The average molecular weight is 471 g/mol. The molecule has 1 heterocycles. The number of carbonyl (C=O) groups is 1. The predicted octanol–water partition coefficient (Wildman–Crippen LogP) is 5.66. The second-order valence-electron chi connectivity index (χ2n) is 14.8. The molecule has 2 bridgehead atoms. The quantitative estimate of drug-likeness (QED) is 0.354. The number of esters is 1. The topological polar surface area (TPSA) is 66.8 Å². The number of fused-ring (bicyclic) bond motifs is 4. The summed E-state index contributed by atoms with van der Waals surface area (Å²) in [6.45, 7) is 18.7. The van der Waals surface area contributed by atoms with Crippen LogP contribution in [0.2, 0.25) is 0 Å². The molecule has 0 aromatic heterocycles. The van der Waals surface area contributed by atoms with Crippen LogP contribution in [0.15, 0.2) is 12.2 Å². The molecule has 5 aliphatic carbocycles. The molecule has 1 spiro atoms. The van der Waals surface area contributed by atoms with Crippen LogP contribution >= 0.6 is 0 Å². The Kier molecular flexibility index (Phi) is 4.51. The summed E-state index contributed by atoms with van der Waals surface area (Å²) in [5.41, 5.74) is -0.102. The fourth-order valence-electron chi connectivity index (χ4n) is 11.9. The lowest BCUT2D eigenvalue weighted by Gasteiger charge is -2.74. The van der Waals surface area contributed by atoms with E-state index >= 15 is 0 Å². The van der Waals surface area contributed by atoms with Gasteiger partial charge in [0, 0.05) is 11.3 Å². The summed E-state index contributed by atoms with van der Waals surface area (Å²) in [6.07, 6.45) is 7.53. The molecule has 1 saturated heterocycles. The fourth-order valence-corrected chi connectivity index (χ4v) is 11.9. The van der Waals surface area contributed by atoms with Crippen LogP contribution in [0.5, 0.6) is 0 Å². The molecule has 0 amide bonds. The van der Waals surface area contributed by atoms with Crippen molar-refractivity contribution < 1.29 is 19.7 Å². The molecule has 4 heteroatoms. The van der Waals surface area contributed by atoms with E-state index in [-0.39, 0.29) is 45.6 Å². The first-order valence-corrected chi connectivity index (χ1v) is 14.0. The first kappa shape index (κ1) is 23.5. The van der Waals surface area contributed by atoms with E-state index in [2.05, 4.69) is 48.1 Å². The summed E-state index contributed by atoms with van der Waals surface area (Å²) >= 11 is 0. The molecule has 0 radical (unpaired) electrons. The number of hydrogen-bond acceptors (Lipinski definition) is 4. The van der Waals surface area contributed by atoms with E-state index in [1.54, 1.807) is 0 Å². The number of hydrogen-bond donors (Lipinski definition) is 2. The zero-order valence-corrected chi connectivity index (χ0v) is 22.2. The third-order valence-corrected chi connectivity index (χ3v) is 14.0. The van der Waals surface area contributed by atoms with Crippen LogP contribution in [-0.4, -0.2) is 34.0 Å². The Hall–Kier alpha value is -0.870. The van der Waals surface area contributed by atoms with E-state index in [9.17, 15) is 15.0 Å². The van der Waals surface area contributed by atoms with Gasteiger partial charge in [-0.25, -0.2) is 0 Å². The van der Waals surface area contributed by atoms with Crippen LogP contribution < -0.4 is 0 Å². The highest BCUT2D eigenvalue weighted by molar-refractivity contribution is 5.83. The lowest BCUT2D eigenvalue weighted by atomic mass is 9.30. The summed E-state index contributed by atoms with van der Waals surface area (Å²) in [5, 5.41) is 22.2. The van der Waals surface area contributed by atoms with Crippen LogP contribution in [0.3, 0.4) is 0 Å². The Labute approximate surface area is 205 Å². The van der Waals surface area contributed by atoms with Gasteiger partial charge in [-0.1, -0.05) is 53.7 Å². The van der Waals surface area contributed by atoms with Crippen LogP contribution in [0.4, 0.5) is 0 Å². The molecule has 0 aromatic carbocycles. The van der Waals surface area contributed by atoms with Crippen LogP contribution in [-0.2, 0) is 9.53 Å². The summed E-state index contributed by atoms with van der Waals surface area (Å²) in [5.74, 6) is 1.15. The fraction of sp³-hybridized carbons (Fsp3) is 0.900. The van der Waals surface area contributed by atoms with Crippen LogP contribution in [0.25, 0.3) is 0 Å². The Balaban J connectivity index is 1.48. The first-order chi connectivity index (χ1) is 15.7. The summed E-state index contributed by atoms with van der Waals surface area (Å²) in [7, 11) is 0. The van der Waals surface area contributed by atoms with Crippen molar-refractivity contribution in [2.45, 2.75) is 117 Å². The molecule has 6 aliphatic rings. The van der Waals surface area contributed by atoms with Gasteiger partial charge in [-0.15, -0.1) is 0 Å². The maximum Gasteiger partial charge on any atom is 0.315 e. The molecular formula is C30H46O4. The highest BCUT2D eigenvalue weighted by atomic mass is 16.6. The number of carbonyl (C=O) groups excluding carboxylic acids is 1. The second-order valence-corrected chi connectivity index (χ2v) is 14.8. The Morgan fingerprint density at radius 2 is 1.56 bits per heavy atom. The maximum absolute atomic E-state index is 13.7. The molecule has 11 atom stereocenters. The van der Waals surface area contributed by atoms with Crippen molar-refractivity contribution in [3.05, 3.63) is 12.2 Å². The molecule has 190 valence electrons. The largest absolute Gasteiger partial charge is 0.458 e. The first-order valence-electron chi connectivity index (χ1n) is 14.0. The molecular weight excluding hydrogens is 424 g/mol. The lowest BCUT2D eigenvalue weighted by Crippen LogP contribution is -2.73. The molecule has 0 unspecified atom stereocenters. The Morgan fingerprint density at radius 3 is 2.26 bits per heavy atom. The SMILES string of the molecule is C=C1C[C@H](O)[C@]23CC[C@@]4(C)[C@@]5(C)CC[C@@H]6C(C)(C)[C@@H](O)CC[C@@]6(C)[C@@H]5CC[C@@]4(OC2=O)[C@@H]3[C@@H]1C. The van der Waals surface area contributed by atoms with Crippen molar-refractivity contribution in [3.8, 4) is 0 Å². The van der Waals surface area contributed by atoms with Crippen molar-refractivity contribution in [1.29, 1.82) is 0 Å². The van der Waals surface area contributed by atoms with Crippen LogP contribution in [0, 0.1) is 50.7 Å². The molecule has 6 rings (SSSR count). The molecule has 34 heavy (non-hydrogen) atoms. The maximum atomic E-state index is 13.7. The van der Waals surface area contributed by atoms with Gasteiger partial charge in [-0.2, -0.15) is 0 Å². The highest BCUT2D eigenvalue weighted by Crippen LogP contribution is 2.80. The molecule has 2 N–H and O–H groups in total. The van der Waals surface area contributed by atoms with E-state index in [1.165, 1.54) is 0 Å². The van der Waals surface area contributed by atoms with Crippen molar-refractivity contribution in [2.24, 2.45) is 50.7 Å². The van der Waals surface area contributed by atoms with Gasteiger partial charge in [0.1, 0.15) is 11.0 Å². The molecule has 6 fully saturated rings. The van der Waals surface area contributed by atoms with Gasteiger partial charge in [-0.05, 0) is 91.8 Å². The number of aliphatic hydroxyl groups excluding tert-OH is 2. The highest BCUT2D eigenvalue weighted by Gasteiger charge is 2.82. The molecule has 0 aromatic rings. The minimum Gasteiger partial charge on any atom is -0.458 e. The summed E-state index contributed by atoms with van der Waals surface area (Å²) in [4.78, 5) is 13.7. The molecule has 1 aliphatic heterocycles. The lowest BCUT2D eigenvalue weighted by molar-refractivity contribution is -0.289. The van der Waals surface area contributed by atoms with Crippen molar-refractivity contribution in [1.82, 2.24) is 0 Å². The van der Waals surface area contributed by atoms with E-state index in [4.69, 9.17) is 4.74 Å². The van der Waals surface area contributed by atoms with Crippen LogP contribution in [0.1, 0.15) is 99.3 Å². The van der Waals surface area contributed by atoms with Gasteiger partial charge in [0.05, 0.1) is 12.2 Å². The van der Waals surface area contributed by atoms with Gasteiger partial charge in [0.15, 0.2) is 0 Å². The summed E-state index contributed by atoms with van der Waals surface area (Å²) < 4.78 is 6.67. The standard InChI is InChI=1S/C30H46O4/c1-17-16-22(32)29-15-14-28(7)27(6)12-8-19-25(3,4)21(31)10-11-26(19,5)20(27)9-13-30(28,34-24(29)33)23(29)18(17)2/h18-23,31-32H,1,8-16H2,2-7H3/t18-,19-,20+,21+,22+,23-,26-,27+,28+,29+,30-/m1/s1. The van der Waals surface area contributed by atoms with Crippen molar-refractivity contribution in [2.75, 3.05) is 0 Å². The third kappa shape index (κ3) is 2.21.